The molecule has 1 aromatic heterocycles. The zero-order valence-electron chi connectivity index (χ0n) is 14.0. The number of anilines is 2. The van der Waals surface area contributed by atoms with Gasteiger partial charge in [0.1, 0.15) is 0 Å². The van der Waals surface area contributed by atoms with Crippen LogP contribution in [0.2, 0.25) is 0 Å². The van der Waals surface area contributed by atoms with E-state index >= 15 is 0 Å². The van der Waals surface area contributed by atoms with Crippen molar-refractivity contribution >= 4 is 11.4 Å². The molecule has 0 spiro atoms. The third kappa shape index (κ3) is 4.94. The molecule has 3 heterocycles. The molecule has 0 radical (unpaired) electrons. The van der Waals surface area contributed by atoms with Crippen molar-refractivity contribution in [2.45, 2.75) is 0 Å². The molecule has 2 saturated heterocycles. The summed E-state index contributed by atoms with van der Waals surface area (Å²) in [7, 11) is 0. The number of ether oxygens (including phenoxy) is 2. The molecule has 1 aromatic carbocycles. The average molecular weight is 327 g/mol. The fraction of sp³-hybridized carbons (Fsp3) is 0.421. The molecule has 2 fully saturated rings. The van der Waals surface area contributed by atoms with Gasteiger partial charge in [0.2, 0.25) is 0 Å². The Hall–Kier alpha value is -2.11. The van der Waals surface area contributed by atoms with Crippen LogP contribution in [0.4, 0.5) is 11.4 Å². The van der Waals surface area contributed by atoms with Gasteiger partial charge >= 0.3 is 0 Å². The van der Waals surface area contributed by atoms with E-state index in [-0.39, 0.29) is 0 Å². The number of morpholine rings is 2. The summed E-state index contributed by atoms with van der Waals surface area (Å²) >= 11 is 0. The number of pyridine rings is 1. The fourth-order valence-corrected chi connectivity index (χ4v) is 2.84. The molecule has 0 unspecified atom stereocenters. The van der Waals surface area contributed by atoms with E-state index < -0.39 is 0 Å². The van der Waals surface area contributed by atoms with Crippen molar-refractivity contribution in [1.82, 2.24) is 4.98 Å². The minimum atomic E-state index is 0.836. The first kappa shape index (κ1) is 16.7. The van der Waals surface area contributed by atoms with Crippen LogP contribution in [0.15, 0.2) is 54.9 Å². The second-order valence-electron chi connectivity index (χ2n) is 5.74. The standard InChI is InChI=1S/C10H13NO.C9H12N2O/c1-2-4-10(5-3-1)11-6-8-12-9-7-11;1-3-10-4-2-9(1)11-5-7-12-8-6-11/h1-5H,6-9H2;1-4H,5-8H2. The van der Waals surface area contributed by atoms with Crippen LogP contribution in [0.5, 0.6) is 0 Å². The van der Waals surface area contributed by atoms with Crippen molar-refractivity contribution in [3.05, 3.63) is 54.9 Å². The Morgan fingerprint density at radius 2 is 1.08 bits per heavy atom. The van der Waals surface area contributed by atoms with E-state index in [4.69, 9.17) is 9.47 Å². The van der Waals surface area contributed by atoms with Crippen LogP contribution in [0.3, 0.4) is 0 Å². The maximum atomic E-state index is 5.28. The van der Waals surface area contributed by atoms with Gasteiger partial charge < -0.3 is 19.3 Å². The first-order chi connectivity index (χ1) is 11.9. The molecule has 2 aliphatic heterocycles. The van der Waals surface area contributed by atoms with Gasteiger partial charge in [0.05, 0.1) is 26.4 Å². The summed E-state index contributed by atoms with van der Waals surface area (Å²) in [6.45, 7) is 7.40. The van der Waals surface area contributed by atoms with Crippen molar-refractivity contribution in [3.63, 3.8) is 0 Å². The third-order valence-corrected chi connectivity index (χ3v) is 4.17. The lowest BCUT2D eigenvalue weighted by atomic mass is 10.3. The third-order valence-electron chi connectivity index (χ3n) is 4.17. The maximum absolute atomic E-state index is 5.28. The minimum Gasteiger partial charge on any atom is -0.378 e. The van der Waals surface area contributed by atoms with Crippen LogP contribution in [0, 0.1) is 0 Å². The quantitative estimate of drug-likeness (QED) is 0.847. The molecular formula is C19H25N3O2. The maximum Gasteiger partial charge on any atom is 0.0642 e. The SMILES string of the molecule is c1cc(N2CCOCC2)ccn1.c1ccc(N2CCOCC2)cc1. The van der Waals surface area contributed by atoms with Gasteiger partial charge in [-0.25, -0.2) is 0 Å². The Labute approximate surface area is 143 Å². The molecule has 0 aliphatic carbocycles. The molecular weight excluding hydrogens is 302 g/mol. The second-order valence-corrected chi connectivity index (χ2v) is 5.74. The van der Waals surface area contributed by atoms with Crippen LogP contribution in [-0.4, -0.2) is 57.6 Å². The highest BCUT2D eigenvalue weighted by atomic mass is 16.5. The van der Waals surface area contributed by atoms with E-state index in [1.165, 1.54) is 11.4 Å². The summed E-state index contributed by atoms with van der Waals surface area (Å²) in [5.41, 5.74) is 2.55. The predicted molar refractivity (Wildman–Crippen MR) is 96.7 cm³/mol. The molecule has 0 bridgehead atoms. The predicted octanol–water partition coefficient (Wildman–Crippen LogP) is 2.44. The van der Waals surface area contributed by atoms with E-state index in [0.29, 0.717) is 0 Å². The zero-order chi connectivity index (χ0) is 16.5. The van der Waals surface area contributed by atoms with Gasteiger partial charge in [-0.1, -0.05) is 18.2 Å². The summed E-state index contributed by atoms with van der Waals surface area (Å²) in [5.74, 6) is 0. The van der Waals surface area contributed by atoms with Gasteiger partial charge in [0, 0.05) is 49.9 Å². The van der Waals surface area contributed by atoms with Gasteiger partial charge in [0.15, 0.2) is 0 Å². The molecule has 0 amide bonds. The highest BCUT2D eigenvalue weighted by Gasteiger charge is 2.10. The summed E-state index contributed by atoms with van der Waals surface area (Å²) in [6, 6.07) is 14.5. The first-order valence-electron chi connectivity index (χ1n) is 8.54. The van der Waals surface area contributed by atoms with Crippen molar-refractivity contribution in [1.29, 1.82) is 0 Å². The van der Waals surface area contributed by atoms with Crippen LogP contribution in [-0.2, 0) is 9.47 Å². The molecule has 2 aromatic rings. The molecule has 24 heavy (non-hydrogen) atoms. The number of hydrogen-bond acceptors (Lipinski definition) is 5. The van der Waals surface area contributed by atoms with Gasteiger partial charge in [-0.3, -0.25) is 4.98 Å². The number of para-hydroxylation sites is 1. The normalized spacial score (nSPS) is 17.8. The van der Waals surface area contributed by atoms with E-state index in [0.717, 1.165) is 52.6 Å². The smallest absolute Gasteiger partial charge is 0.0642 e. The summed E-state index contributed by atoms with van der Waals surface area (Å²) in [5, 5.41) is 0. The molecule has 4 rings (SSSR count). The van der Waals surface area contributed by atoms with Gasteiger partial charge in [0.25, 0.3) is 0 Å². The Bertz CT molecular complexity index is 514. The monoisotopic (exact) mass is 327 g/mol. The van der Waals surface area contributed by atoms with Crippen LogP contribution < -0.4 is 9.80 Å². The van der Waals surface area contributed by atoms with E-state index in [1.54, 1.807) is 0 Å². The lowest BCUT2D eigenvalue weighted by Crippen LogP contribution is -2.36. The number of nitrogens with zero attached hydrogens (tertiary/aromatic N) is 3. The minimum absolute atomic E-state index is 0.836. The van der Waals surface area contributed by atoms with E-state index in [1.807, 2.05) is 30.6 Å². The number of aromatic nitrogens is 1. The second kappa shape index (κ2) is 9.25. The topological polar surface area (TPSA) is 37.8 Å². The number of hydrogen-bond donors (Lipinski definition) is 0. The lowest BCUT2D eigenvalue weighted by Gasteiger charge is -2.28. The molecule has 2 aliphatic rings. The summed E-state index contributed by atoms with van der Waals surface area (Å²) in [6.07, 6.45) is 3.65. The van der Waals surface area contributed by atoms with Gasteiger partial charge in [-0.05, 0) is 24.3 Å². The van der Waals surface area contributed by atoms with Crippen molar-refractivity contribution in [2.24, 2.45) is 0 Å². The van der Waals surface area contributed by atoms with Crippen molar-refractivity contribution in [2.75, 3.05) is 62.4 Å². The van der Waals surface area contributed by atoms with E-state index in [9.17, 15) is 0 Å². The Kier molecular flexibility index (Phi) is 6.45. The largest absolute Gasteiger partial charge is 0.378 e. The fourth-order valence-electron chi connectivity index (χ4n) is 2.84. The Morgan fingerprint density at radius 3 is 1.58 bits per heavy atom. The summed E-state index contributed by atoms with van der Waals surface area (Å²) < 4.78 is 10.5. The van der Waals surface area contributed by atoms with Crippen molar-refractivity contribution < 1.29 is 9.47 Å². The highest BCUT2D eigenvalue weighted by Crippen LogP contribution is 2.14. The van der Waals surface area contributed by atoms with Crippen LogP contribution in [0.1, 0.15) is 0 Å². The molecule has 5 heteroatoms. The van der Waals surface area contributed by atoms with E-state index in [2.05, 4.69) is 39.0 Å². The number of benzene rings is 1. The molecule has 128 valence electrons. The molecule has 5 nitrogen and oxygen atoms in total. The summed E-state index contributed by atoms with van der Waals surface area (Å²) in [4.78, 5) is 8.64. The average Bonchev–Trinajstić information content (AvgIpc) is 2.71. The highest BCUT2D eigenvalue weighted by molar-refractivity contribution is 5.46. The first-order valence-corrected chi connectivity index (χ1v) is 8.54. The molecule has 0 saturated carbocycles. The van der Waals surface area contributed by atoms with Crippen LogP contribution in [0.25, 0.3) is 0 Å². The number of rotatable bonds is 2. The van der Waals surface area contributed by atoms with Gasteiger partial charge in [-0.15, -0.1) is 0 Å². The van der Waals surface area contributed by atoms with Crippen LogP contribution >= 0.6 is 0 Å². The Morgan fingerprint density at radius 1 is 0.625 bits per heavy atom. The lowest BCUT2D eigenvalue weighted by molar-refractivity contribution is 0.122. The molecule has 0 N–H and O–H groups in total. The zero-order valence-corrected chi connectivity index (χ0v) is 14.0. The molecule has 0 atom stereocenters. The van der Waals surface area contributed by atoms with Crippen molar-refractivity contribution in [3.8, 4) is 0 Å². The Balaban J connectivity index is 0.000000141. The van der Waals surface area contributed by atoms with Gasteiger partial charge in [-0.2, -0.15) is 0 Å².